The highest BCUT2D eigenvalue weighted by molar-refractivity contribution is 7.18. The topological polar surface area (TPSA) is 98.1 Å². The fourth-order valence-corrected chi connectivity index (χ4v) is 4.45. The Morgan fingerprint density at radius 1 is 1.14 bits per heavy atom. The number of thiophene rings is 1. The lowest BCUT2D eigenvalue weighted by Crippen LogP contribution is -2.21. The molecule has 3 aromatic rings. The molecule has 2 amide bonds. The highest BCUT2D eigenvalue weighted by Gasteiger charge is 2.28. The lowest BCUT2D eigenvalue weighted by atomic mass is 10.1. The molecule has 8 nitrogen and oxygen atoms in total. The van der Waals surface area contributed by atoms with E-state index in [2.05, 4.69) is 5.32 Å². The van der Waals surface area contributed by atoms with Crippen LogP contribution in [0.25, 0.3) is 0 Å². The molecule has 0 aliphatic carbocycles. The van der Waals surface area contributed by atoms with Crippen LogP contribution in [0, 0.1) is 13.8 Å². The Balaban J connectivity index is 1.78. The molecule has 2 heterocycles. The number of benzene rings is 1. The first-order chi connectivity index (χ1) is 16.6. The number of rotatable bonds is 9. The van der Waals surface area contributed by atoms with Gasteiger partial charge in [0.25, 0.3) is 11.8 Å². The van der Waals surface area contributed by atoms with Gasteiger partial charge in [0, 0.05) is 19.1 Å². The van der Waals surface area contributed by atoms with Crippen LogP contribution >= 0.6 is 22.9 Å². The third kappa shape index (κ3) is 6.23. The lowest BCUT2D eigenvalue weighted by Gasteiger charge is -2.09. The number of furan rings is 1. The summed E-state index contributed by atoms with van der Waals surface area (Å²) in [6.07, 6.45) is 0.646. The van der Waals surface area contributed by atoms with Gasteiger partial charge in [-0.05, 0) is 61.7 Å². The van der Waals surface area contributed by atoms with Crippen molar-refractivity contribution in [2.45, 2.75) is 33.8 Å². The van der Waals surface area contributed by atoms with Gasteiger partial charge < -0.3 is 24.1 Å². The Kier molecular flexibility index (Phi) is 8.58. The van der Waals surface area contributed by atoms with Gasteiger partial charge >= 0.3 is 5.97 Å². The summed E-state index contributed by atoms with van der Waals surface area (Å²) in [4.78, 5) is 39.9. The normalized spacial score (nSPS) is 10.7. The van der Waals surface area contributed by atoms with E-state index in [0.29, 0.717) is 33.4 Å². The Hall–Kier alpha value is -3.30. The predicted molar refractivity (Wildman–Crippen MR) is 135 cm³/mol. The molecule has 0 radical (unpaired) electrons. The van der Waals surface area contributed by atoms with Crippen molar-refractivity contribution in [2.24, 2.45) is 0 Å². The third-order valence-electron chi connectivity index (χ3n) is 5.01. The maximum atomic E-state index is 12.9. The van der Waals surface area contributed by atoms with Crippen LogP contribution in [0.4, 0.5) is 5.00 Å². The molecule has 0 fully saturated rings. The first-order valence-electron chi connectivity index (χ1n) is 10.9. The van der Waals surface area contributed by atoms with E-state index in [9.17, 15) is 14.4 Å². The minimum atomic E-state index is -0.597. The number of esters is 1. The number of amides is 2. The van der Waals surface area contributed by atoms with Crippen LogP contribution in [0.15, 0.2) is 34.7 Å². The van der Waals surface area contributed by atoms with Gasteiger partial charge in [0.15, 0.2) is 5.76 Å². The number of carbonyl (C=O) groups is 3. The minimum Gasteiger partial charge on any atom is -0.486 e. The number of hydrogen-bond acceptors (Lipinski definition) is 7. The highest BCUT2D eigenvalue weighted by atomic mass is 35.5. The number of anilines is 1. The van der Waals surface area contributed by atoms with Crippen molar-refractivity contribution in [1.82, 2.24) is 4.90 Å². The van der Waals surface area contributed by atoms with Gasteiger partial charge in [0.2, 0.25) is 0 Å². The van der Waals surface area contributed by atoms with Gasteiger partial charge in [-0.3, -0.25) is 9.59 Å². The predicted octanol–water partition coefficient (Wildman–Crippen LogP) is 5.71. The van der Waals surface area contributed by atoms with E-state index in [1.807, 2.05) is 19.9 Å². The summed E-state index contributed by atoms with van der Waals surface area (Å²) in [6.45, 7) is 5.76. The Bertz CT molecular complexity index is 1250. The SMILES string of the molecule is CCCOC(=O)c1c(NC(=O)c2ccc(COc3ccc(Cl)c(C)c3)o2)sc(C(=O)N(C)C)c1C. The van der Waals surface area contributed by atoms with Crippen molar-refractivity contribution < 1.29 is 28.3 Å². The Morgan fingerprint density at radius 3 is 2.54 bits per heavy atom. The molecule has 186 valence electrons. The highest BCUT2D eigenvalue weighted by Crippen LogP contribution is 2.35. The van der Waals surface area contributed by atoms with Crippen molar-refractivity contribution in [3.8, 4) is 5.75 Å². The number of nitrogens with zero attached hydrogens (tertiary/aromatic N) is 1. The second-order valence-electron chi connectivity index (χ2n) is 8.02. The molecule has 0 bridgehead atoms. The summed E-state index contributed by atoms with van der Waals surface area (Å²) in [5, 5.41) is 3.57. The summed E-state index contributed by atoms with van der Waals surface area (Å²) in [5.41, 5.74) is 1.50. The molecule has 35 heavy (non-hydrogen) atoms. The average molecular weight is 519 g/mol. The van der Waals surface area contributed by atoms with Gasteiger partial charge in [-0.15, -0.1) is 11.3 Å². The summed E-state index contributed by atoms with van der Waals surface area (Å²) in [6, 6.07) is 8.45. The maximum absolute atomic E-state index is 12.9. The van der Waals surface area contributed by atoms with Gasteiger partial charge in [-0.25, -0.2) is 4.79 Å². The van der Waals surface area contributed by atoms with Crippen LogP contribution in [0.2, 0.25) is 5.02 Å². The largest absolute Gasteiger partial charge is 0.486 e. The van der Waals surface area contributed by atoms with Crippen LogP contribution in [-0.2, 0) is 11.3 Å². The van der Waals surface area contributed by atoms with E-state index < -0.39 is 11.9 Å². The molecule has 0 aliphatic heterocycles. The van der Waals surface area contributed by atoms with Crippen LogP contribution in [0.3, 0.4) is 0 Å². The van der Waals surface area contributed by atoms with E-state index in [0.717, 1.165) is 16.9 Å². The fraction of sp³-hybridized carbons (Fsp3) is 0.320. The zero-order chi connectivity index (χ0) is 25.7. The Labute approximate surface area is 212 Å². The zero-order valence-electron chi connectivity index (χ0n) is 20.2. The number of halogens is 1. The van der Waals surface area contributed by atoms with Crippen molar-refractivity contribution in [2.75, 3.05) is 26.0 Å². The summed E-state index contributed by atoms with van der Waals surface area (Å²) >= 11 is 7.06. The molecular weight excluding hydrogens is 492 g/mol. The van der Waals surface area contributed by atoms with Crippen LogP contribution in [-0.4, -0.2) is 43.4 Å². The molecule has 0 atom stereocenters. The van der Waals surface area contributed by atoms with E-state index in [1.165, 1.54) is 11.0 Å². The van der Waals surface area contributed by atoms with E-state index >= 15 is 0 Å². The summed E-state index contributed by atoms with van der Waals surface area (Å²) in [7, 11) is 3.24. The molecule has 0 saturated carbocycles. The molecule has 2 aromatic heterocycles. The van der Waals surface area contributed by atoms with E-state index in [-0.39, 0.29) is 35.4 Å². The molecule has 10 heteroatoms. The molecule has 1 aromatic carbocycles. The molecule has 0 spiro atoms. The quantitative estimate of drug-likeness (QED) is 0.364. The molecule has 0 aliphatic rings. The number of carbonyl (C=O) groups excluding carboxylic acids is 3. The van der Waals surface area contributed by atoms with Gasteiger partial charge in [-0.2, -0.15) is 0 Å². The number of hydrogen-bond donors (Lipinski definition) is 1. The van der Waals surface area contributed by atoms with Gasteiger partial charge in [0.05, 0.1) is 17.0 Å². The summed E-state index contributed by atoms with van der Waals surface area (Å²) < 4.78 is 16.6. The number of nitrogens with one attached hydrogen (secondary N) is 1. The lowest BCUT2D eigenvalue weighted by molar-refractivity contribution is 0.0506. The first kappa shape index (κ1) is 26.3. The average Bonchev–Trinajstić information content (AvgIpc) is 3.42. The van der Waals surface area contributed by atoms with Crippen LogP contribution in [0.5, 0.6) is 5.75 Å². The minimum absolute atomic E-state index is 0.0373. The Morgan fingerprint density at radius 2 is 1.89 bits per heavy atom. The van der Waals surface area contributed by atoms with Gasteiger partial charge in [0.1, 0.15) is 23.1 Å². The smallest absolute Gasteiger partial charge is 0.341 e. The second kappa shape index (κ2) is 11.4. The molecule has 1 N–H and O–H groups in total. The van der Waals surface area contributed by atoms with E-state index in [4.69, 9.17) is 25.5 Å². The molecule has 0 unspecified atom stereocenters. The van der Waals surface area contributed by atoms with Crippen molar-refractivity contribution in [3.05, 3.63) is 68.4 Å². The van der Waals surface area contributed by atoms with E-state index in [1.54, 1.807) is 39.2 Å². The number of aryl methyl sites for hydroxylation is 1. The van der Waals surface area contributed by atoms with Crippen LogP contribution in [0.1, 0.15) is 60.8 Å². The third-order valence-corrected chi connectivity index (χ3v) is 6.63. The van der Waals surface area contributed by atoms with Crippen molar-refractivity contribution in [1.29, 1.82) is 0 Å². The molecule has 3 rings (SSSR count). The zero-order valence-corrected chi connectivity index (χ0v) is 21.8. The molecular formula is C25H27ClN2O6S. The van der Waals surface area contributed by atoms with Gasteiger partial charge in [-0.1, -0.05) is 18.5 Å². The standard InChI is InChI=1S/C25H27ClN2O6S/c1-6-11-32-25(31)20-15(3)21(24(30)28(4)5)35-23(20)27-22(29)19-10-8-17(34-19)13-33-16-7-9-18(26)14(2)12-16/h7-10,12H,6,11,13H2,1-5H3,(H,27,29). The van der Waals surface area contributed by atoms with Crippen molar-refractivity contribution >= 4 is 45.7 Å². The maximum Gasteiger partial charge on any atom is 0.341 e. The fourth-order valence-electron chi connectivity index (χ4n) is 3.13. The van der Waals surface area contributed by atoms with Crippen LogP contribution < -0.4 is 10.1 Å². The summed E-state index contributed by atoms with van der Waals surface area (Å²) in [5.74, 6) is -0.329. The molecule has 0 saturated heterocycles. The second-order valence-corrected chi connectivity index (χ2v) is 9.44. The first-order valence-corrected chi connectivity index (χ1v) is 12.1. The monoisotopic (exact) mass is 518 g/mol. The number of ether oxygens (including phenoxy) is 2. The van der Waals surface area contributed by atoms with Crippen molar-refractivity contribution in [3.63, 3.8) is 0 Å².